The number of rotatable bonds is 12. The number of allylic oxidation sites excluding steroid dienone is 3. The number of unbranched alkanes of at least 4 members (excludes halogenated alkanes) is 3. The highest BCUT2D eigenvalue weighted by Crippen LogP contribution is 2.33. The van der Waals surface area contributed by atoms with E-state index in [0.717, 1.165) is 19.3 Å². The molecule has 0 heterocycles. The molecule has 0 amide bonds. The molecule has 1 unspecified atom stereocenters. The molecule has 142 valence electrons. The van der Waals surface area contributed by atoms with E-state index >= 15 is 0 Å². The first-order chi connectivity index (χ1) is 12.0. The van der Waals surface area contributed by atoms with Crippen molar-refractivity contribution in [2.75, 3.05) is 0 Å². The van der Waals surface area contributed by atoms with E-state index in [-0.39, 0.29) is 30.5 Å². The largest absolute Gasteiger partial charge is 0.481 e. The Labute approximate surface area is 150 Å². The van der Waals surface area contributed by atoms with E-state index in [1.165, 1.54) is 0 Å². The predicted octanol–water partition coefficient (Wildman–Crippen LogP) is 3.25. The van der Waals surface area contributed by atoms with Crippen molar-refractivity contribution in [2.45, 2.75) is 76.9 Å². The minimum Gasteiger partial charge on any atom is -0.481 e. The Morgan fingerprint density at radius 2 is 2.04 bits per heavy atom. The van der Waals surface area contributed by atoms with Gasteiger partial charge in [0.1, 0.15) is 5.78 Å². The number of hydrogen-bond donors (Lipinski definition) is 3. The summed E-state index contributed by atoms with van der Waals surface area (Å²) in [6, 6.07) is 0. The number of carboxylic acids is 1. The van der Waals surface area contributed by atoms with E-state index in [2.05, 4.69) is 6.92 Å². The molecule has 0 spiro atoms. The van der Waals surface area contributed by atoms with Gasteiger partial charge in [-0.3, -0.25) is 9.59 Å². The van der Waals surface area contributed by atoms with Gasteiger partial charge in [-0.15, -0.1) is 0 Å². The van der Waals surface area contributed by atoms with Crippen molar-refractivity contribution in [3.05, 3.63) is 24.3 Å². The first kappa shape index (κ1) is 21.6. The fraction of sp³-hybridized carbons (Fsp3) is 0.700. The third-order valence-corrected chi connectivity index (χ3v) is 4.72. The molecule has 1 aliphatic carbocycles. The Morgan fingerprint density at radius 3 is 2.72 bits per heavy atom. The number of Topliss-reactive ketones (excluding diaryl/α,β-unsaturated/α-hetero) is 1. The predicted molar refractivity (Wildman–Crippen MR) is 97.1 cm³/mol. The Kier molecular flexibility index (Phi) is 10.3. The molecule has 0 aliphatic heterocycles. The number of aliphatic hydroxyl groups excluding tert-OH is 2. The van der Waals surface area contributed by atoms with E-state index in [4.69, 9.17) is 5.11 Å². The second kappa shape index (κ2) is 12.0. The van der Waals surface area contributed by atoms with Crippen molar-refractivity contribution in [3.63, 3.8) is 0 Å². The number of carbonyl (C=O) groups is 2. The molecular formula is C20H32O5. The van der Waals surface area contributed by atoms with Crippen LogP contribution in [0.3, 0.4) is 0 Å². The molecule has 1 saturated carbocycles. The summed E-state index contributed by atoms with van der Waals surface area (Å²) in [5.74, 6) is -1.29. The molecule has 0 saturated heterocycles. The van der Waals surface area contributed by atoms with Crippen LogP contribution in [0, 0.1) is 11.8 Å². The third kappa shape index (κ3) is 8.45. The topological polar surface area (TPSA) is 94.8 Å². The second-order valence-electron chi connectivity index (χ2n) is 6.87. The summed E-state index contributed by atoms with van der Waals surface area (Å²) in [6.45, 7) is 2.11. The van der Waals surface area contributed by atoms with Gasteiger partial charge in [0.2, 0.25) is 0 Å². The second-order valence-corrected chi connectivity index (χ2v) is 6.87. The van der Waals surface area contributed by atoms with Gasteiger partial charge in [0.15, 0.2) is 0 Å². The van der Waals surface area contributed by atoms with Crippen LogP contribution in [0.2, 0.25) is 0 Å². The number of ketones is 1. The molecule has 0 bridgehead atoms. The maximum absolute atomic E-state index is 12.1. The molecule has 5 nitrogen and oxygen atoms in total. The van der Waals surface area contributed by atoms with Gasteiger partial charge >= 0.3 is 5.97 Å². The number of carbonyl (C=O) groups excluding carboxylic acids is 1. The van der Waals surface area contributed by atoms with E-state index in [9.17, 15) is 19.8 Å². The lowest BCUT2D eigenvalue weighted by Crippen LogP contribution is -2.19. The molecule has 0 radical (unpaired) electrons. The zero-order valence-electron chi connectivity index (χ0n) is 15.1. The van der Waals surface area contributed by atoms with Crippen molar-refractivity contribution >= 4 is 11.8 Å². The van der Waals surface area contributed by atoms with Crippen LogP contribution in [0.5, 0.6) is 0 Å². The summed E-state index contributed by atoms with van der Waals surface area (Å²) >= 11 is 0. The summed E-state index contributed by atoms with van der Waals surface area (Å²) in [6.07, 6.45) is 12.1. The minimum absolute atomic E-state index is 0.0220. The van der Waals surface area contributed by atoms with Gasteiger partial charge < -0.3 is 15.3 Å². The van der Waals surface area contributed by atoms with Crippen molar-refractivity contribution < 1.29 is 24.9 Å². The van der Waals surface area contributed by atoms with Crippen LogP contribution in [0.4, 0.5) is 0 Å². The molecule has 25 heavy (non-hydrogen) atoms. The van der Waals surface area contributed by atoms with Crippen molar-refractivity contribution in [1.29, 1.82) is 0 Å². The quantitative estimate of drug-likeness (QED) is 0.370. The van der Waals surface area contributed by atoms with Gasteiger partial charge in [0.25, 0.3) is 0 Å². The molecule has 1 aliphatic rings. The van der Waals surface area contributed by atoms with Crippen LogP contribution in [-0.2, 0) is 9.59 Å². The molecule has 3 N–H and O–H groups in total. The standard InChI is InChI=1S/C20H32O5/c1-2-3-6-9-15(21)12-13-17-16(18(22)14-19(17)23)10-7-4-5-8-11-20(24)25/h4,7,12-13,15-18,21-22H,2-3,5-6,8-11,14H2,1H3,(H,24,25)/t15-,16+,17+,18?/m0/s1. The zero-order valence-corrected chi connectivity index (χ0v) is 15.1. The van der Waals surface area contributed by atoms with Crippen molar-refractivity contribution in [3.8, 4) is 0 Å². The van der Waals surface area contributed by atoms with Crippen LogP contribution in [-0.4, -0.2) is 39.3 Å². The lowest BCUT2D eigenvalue weighted by atomic mass is 9.90. The maximum Gasteiger partial charge on any atom is 0.303 e. The SMILES string of the molecule is CCCCC[C@H](O)C=C[C@H]1C(=O)CC(O)[C@@H]1CC=CCCCC(=O)O. The van der Waals surface area contributed by atoms with Gasteiger partial charge in [0.05, 0.1) is 12.2 Å². The monoisotopic (exact) mass is 352 g/mol. The first-order valence-corrected chi connectivity index (χ1v) is 9.39. The number of aliphatic hydroxyl groups is 2. The first-order valence-electron chi connectivity index (χ1n) is 9.39. The zero-order chi connectivity index (χ0) is 18.7. The van der Waals surface area contributed by atoms with Crippen LogP contribution in [0.1, 0.15) is 64.7 Å². The van der Waals surface area contributed by atoms with Crippen molar-refractivity contribution in [1.82, 2.24) is 0 Å². The van der Waals surface area contributed by atoms with Gasteiger partial charge in [-0.05, 0) is 25.7 Å². The fourth-order valence-corrected chi connectivity index (χ4v) is 3.22. The Hall–Kier alpha value is -1.46. The lowest BCUT2D eigenvalue weighted by molar-refractivity contribution is -0.137. The average Bonchev–Trinajstić information content (AvgIpc) is 2.82. The molecule has 5 heteroatoms. The average molecular weight is 352 g/mol. The van der Waals surface area contributed by atoms with Crippen LogP contribution in [0.15, 0.2) is 24.3 Å². The van der Waals surface area contributed by atoms with Gasteiger partial charge in [-0.2, -0.15) is 0 Å². The van der Waals surface area contributed by atoms with Gasteiger partial charge in [-0.25, -0.2) is 0 Å². The number of carboxylic acid groups (broad SMARTS) is 1. The maximum atomic E-state index is 12.1. The summed E-state index contributed by atoms with van der Waals surface area (Å²) in [7, 11) is 0. The minimum atomic E-state index is -0.798. The third-order valence-electron chi connectivity index (χ3n) is 4.72. The number of hydrogen-bond acceptors (Lipinski definition) is 4. The van der Waals surface area contributed by atoms with E-state index in [1.54, 1.807) is 12.2 Å². The summed E-state index contributed by atoms with van der Waals surface area (Å²) in [5.41, 5.74) is 0. The summed E-state index contributed by atoms with van der Waals surface area (Å²) in [4.78, 5) is 22.5. The lowest BCUT2D eigenvalue weighted by Gasteiger charge is -2.17. The molecule has 4 atom stereocenters. The molecule has 1 fully saturated rings. The molecule has 0 aromatic rings. The summed E-state index contributed by atoms with van der Waals surface area (Å²) in [5, 5.41) is 28.7. The Morgan fingerprint density at radius 1 is 1.28 bits per heavy atom. The normalized spacial score (nSPS) is 25.2. The molecule has 0 aromatic carbocycles. The molecule has 0 aromatic heterocycles. The number of aliphatic carboxylic acids is 1. The van der Waals surface area contributed by atoms with Crippen LogP contribution < -0.4 is 0 Å². The molecule has 1 rings (SSSR count). The smallest absolute Gasteiger partial charge is 0.303 e. The van der Waals surface area contributed by atoms with Crippen LogP contribution in [0.25, 0.3) is 0 Å². The highest BCUT2D eigenvalue weighted by Gasteiger charge is 2.39. The Bertz CT molecular complexity index is 469. The van der Waals surface area contributed by atoms with Gasteiger partial charge in [0, 0.05) is 24.7 Å². The van der Waals surface area contributed by atoms with E-state index < -0.39 is 18.2 Å². The van der Waals surface area contributed by atoms with Gasteiger partial charge in [-0.1, -0.05) is 50.5 Å². The fourth-order valence-electron chi connectivity index (χ4n) is 3.22. The molecular weight excluding hydrogens is 320 g/mol. The van der Waals surface area contributed by atoms with E-state index in [0.29, 0.717) is 25.7 Å². The highest BCUT2D eigenvalue weighted by atomic mass is 16.4. The Balaban J connectivity index is 2.48. The highest BCUT2D eigenvalue weighted by molar-refractivity contribution is 5.86. The summed E-state index contributed by atoms with van der Waals surface area (Å²) < 4.78 is 0. The van der Waals surface area contributed by atoms with E-state index in [1.807, 2.05) is 12.2 Å². The van der Waals surface area contributed by atoms with Crippen LogP contribution >= 0.6 is 0 Å². The van der Waals surface area contributed by atoms with Crippen molar-refractivity contribution in [2.24, 2.45) is 11.8 Å².